The molecule has 0 radical (unpaired) electrons. The number of rotatable bonds is 9. The Morgan fingerprint density at radius 1 is 1.13 bits per heavy atom. The molecule has 0 saturated heterocycles. The van der Waals surface area contributed by atoms with Crippen LogP contribution >= 0.6 is 11.6 Å². The number of esters is 1. The van der Waals surface area contributed by atoms with Crippen molar-refractivity contribution in [1.29, 1.82) is 0 Å². The van der Waals surface area contributed by atoms with Gasteiger partial charge in [-0.15, -0.1) is 5.10 Å². The highest BCUT2D eigenvalue weighted by molar-refractivity contribution is 6.74. The maximum absolute atomic E-state index is 14.0. The lowest BCUT2D eigenvalue weighted by molar-refractivity contribution is -0.213. The predicted octanol–water partition coefficient (Wildman–Crippen LogP) is 7.38. The molecule has 212 valence electrons. The van der Waals surface area contributed by atoms with E-state index in [9.17, 15) is 18.0 Å². The zero-order valence-corrected chi connectivity index (χ0v) is 25.0. The first kappa shape index (κ1) is 30.4. The van der Waals surface area contributed by atoms with Crippen LogP contribution in [0.2, 0.25) is 23.3 Å². The summed E-state index contributed by atoms with van der Waals surface area (Å²) in [5, 5.41) is 4.03. The van der Waals surface area contributed by atoms with Crippen LogP contribution in [0.15, 0.2) is 24.4 Å². The second-order valence-electron chi connectivity index (χ2n) is 12.3. The smallest absolute Gasteiger partial charge is 0.396 e. The summed E-state index contributed by atoms with van der Waals surface area (Å²) in [4.78, 5) is 16.5. The Bertz CT molecular complexity index is 1150. The molecule has 0 aliphatic heterocycles. The lowest BCUT2D eigenvalue weighted by Crippen LogP contribution is -2.49. The van der Waals surface area contributed by atoms with E-state index in [1.807, 2.05) is 33.9 Å². The number of pyridine rings is 1. The molecular weight excluding hydrogens is 539 g/mol. The molecule has 0 bridgehead atoms. The molecule has 0 amide bonds. The normalized spacial score (nSPS) is 16.7. The Kier molecular flexibility index (Phi) is 8.38. The zero-order chi connectivity index (χ0) is 28.7. The summed E-state index contributed by atoms with van der Waals surface area (Å²) in [5.41, 5.74) is -2.37. The highest BCUT2D eigenvalue weighted by atomic mass is 35.5. The van der Waals surface area contributed by atoms with Crippen LogP contribution in [0.5, 0.6) is 5.88 Å². The van der Waals surface area contributed by atoms with Crippen molar-refractivity contribution in [3.8, 4) is 11.7 Å². The van der Waals surface area contributed by atoms with Gasteiger partial charge in [0.1, 0.15) is 10.8 Å². The molecule has 0 aromatic carbocycles. The quantitative estimate of drug-likeness (QED) is 0.176. The van der Waals surface area contributed by atoms with Crippen LogP contribution in [0, 0.1) is 5.41 Å². The molecule has 1 aliphatic carbocycles. The molecule has 38 heavy (non-hydrogen) atoms. The lowest BCUT2D eigenvalue weighted by atomic mass is 9.96. The number of carbonyl (C=O) groups excluding carboxylic acids is 1. The van der Waals surface area contributed by atoms with Crippen LogP contribution in [0.1, 0.15) is 71.2 Å². The van der Waals surface area contributed by atoms with Crippen LogP contribution in [0.4, 0.5) is 13.2 Å². The fourth-order valence-electron chi connectivity index (χ4n) is 3.72. The molecule has 3 rings (SSSR count). The summed E-state index contributed by atoms with van der Waals surface area (Å²) in [6, 6.07) is 4.64. The molecule has 2 aromatic heterocycles. The minimum atomic E-state index is -4.34. The predicted molar refractivity (Wildman–Crippen MR) is 141 cm³/mol. The zero-order valence-electron chi connectivity index (χ0n) is 23.2. The van der Waals surface area contributed by atoms with Crippen molar-refractivity contribution in [3.05, 3.63) is 35.1 Å². The molecule has 1 fully saturated rings. The second kappa shape index (κ2) is 10.5. The summed E-state index contributed by atoms with van der Waals surface area (Å²) in [6.07, 6.45) is -3.51. The summed E-state index contributed by atoms with van der Waals surface area (Å²) >= 11 is 6.21. The highest BCUT2D eigenvalue weighted by Gasteiger charge is 2.68. The van der Waals surface area contributed by atoms with E-state index in [0.717, 1.165) is 0 Å². The van der Waals surface area contributed by atoms with Crippen molar-refractivity contribution in [2.45, 2.75) is 96.8 Å². The fourth-order valence-corrected chi connectivity index (χ4v) is 5.36. The number of ether oxygens (including phenoxy) is 2. The van der Waals surface area contributed by atoms with Gasteiger partial charge in [0.15, 0.2) is 14.1 Å². The summed E-state index contributed by atoms with van der Waals surface area (Å²) in [5.74, 6) is -0.0276. The van der Waals surface area contributed by atoms with Gasteiger partial charge >= 0.3 is 12.1 Å². The maximum Gasteiger partial charge on any atom is 0.396 e. The average molecular weight is 576 g/mol. The van der Waals surface area contributed by atoms with Crippen molar-refractivity contribution in [3.63, 3.8) is 0 Å². The van der Waals surface area contributed by atoms with Gasteiger partial charge in [0.05, 0.1) is 23.7 Å². The molecule has 7 nitrogen and oxygen atoms in total. The number of halogens is 4. The number of carbonyl (C=O) groups is 1. The maximum atomic E-state index is 14.0. The van der Waals surface area contributed by atoms with Gasteiger partial charge in [-0.2, -0.15) is 13.2 Å². The second-order valence-corrected chi connectivity index (χ2v) is 17.4. The third-order valence-corrected chi connectivity index (χ3v) is 11.9. The molecule has 2 aromatic rings. The number of hydrogen-bond donors (Lipinski definition) is 0. The summed E-state index contributed by atoms with van der Waals surface area (Å²) in [7, 11) is -2.45. The van der Waals surface area contributed by atoms with E-state index in [4.69, 9.17) is 25.5 Å². The largest absolute Gasteiger partial charge is 0.476 e. The number of hydrogen-bond acceptors (Lipinski definition) is 6. The van der Waals surface area contributed by atoms with Gasteiger partial charge in [-0.25, -0.2) is 14.5 Å². The van der Waals surface area contributed by atoms with Crippen LogP contribution < -0.4 is 4.74 Å². The summed E-state index contributed by atoms with van der Waals surface area (Å²) in [6.45, 7) is 15.2. The van der Waals surface area contributed by atoms with E-state index >= 15 is 0 Å². The molecule has 1 unspecified atom stereocenters. The van der Waals surface area contributed by atoms with E-state index in [2.05, 4.69) is 10.1 Å². The van der Waals surface area contributed by atoms with Crippen LogP contribution in [-0.4, -0.2) is 53.5 Å². The van der Waals surface area contributed by atoms with Gasteiger partial charge in [-0.05, 0) is 63.9 Å². The van der Waals surface area contributed by atoms with Gasteiger partial charge in [0.25, 0.3) is 0 Å². The minimum Gasteiger partial charge on any atom is -0.476 e. The van der Waals surface area contributed by atoms with Crippen molar-refractivity contribution >= 4 is 25.9 Å². The van der Waals surface area contributed by atoms with Crippen molar-refractivity contribution in [2.24, 2.45) is 5.41 Å². The Morgan fingerprint density at radius 2 is 1.76 bits per heavy atom. The molecule has 1 atom stereocenters. The Hall–Kier alpha value is -2.11. The number of nitrogens with zero attached hydrogens (tertiary/aromatic N) is 3. The van der Waals surface area contributed by atoms with E-state index in [1.165, 1.54) is 10.7 Å². The van der Waals surface area contributed by atoms with E-state index in [1.54, 1.807) is 39.1 Å². The first-order chi connectivity index (χ1) is 17.3. The summed E-state index contributed by atoms with van der Waals surface area (Å²) < 4.78 is 60.7. The molecule has 1 saturated carbocycles. The average Bonchev–Trinajstić information content (AvgIpc) is 3.44. The Morgan fingerprint density at radius 3 is 2.26 bits per heavy atom. The Balaban J connectivity index is 1.69. The number of aromatic nitrogens is 3. The highest BCUT2D eigenvalue weighted by Crippen LogP contribution is 2.62. The van der Waals surface area contributed by atoms with Crippen molar-refractivity contribution in [1.82, 2.24) is 14.8 Å². The molecule has 12 heteroatoms. The van der Waals surface area contributed by atoms with Crippen LogP contribution in [-0.2, 0) is 9.16 Å². The van der Waals surface area contributed by atoms with Gasteiger partial charge in [-0.3, -0.25) is 0 Å². The van der Waals surface area contributed by atoms with Gasteiger partial charge in [0.2, 0.25) is 5.88 Å². The van der Waals surface area contributed by atoms with Crippen LogP contribution in [0.3, 0.4) is 0 Å². The third kappa shape index (κ3) is 6.90. The van der Waals surface area contributed by atoms with Crippen molar-refractivity contribution in [2.75, 3.05) is 6.61 Å². The molecule has 2 heterocycles. The standard InChI is InChI=1S/C26H37ClF3N3O4Si/c1-23(2,3)36-22(34)17-9-10-19(31-21(17)27)33-15-11-20(32-33)35-16-12-18(25(13-14-25)26(28,29)30)37-38(7,8)24(4,5)6/h9-11,15,18H,12-14,16H2,1-8H3. The molecule has 0 spiro atoms. The first-order valence-electron chi connectivity index (χ1n) is 12.6. The van der Waals surface area contributed by atoms with Gasteiger partial charge in [0, 0.05) is 18.7 Å². The molecule has 0 N–H and O–H groups in total. The number of alkyl halides is 3. The Labute approximate surface area is 228 Å². The molecular formula is C26H37ClF3N3O4Si. The van der Waals surface area contributed by atoms with E-state index < -0.39 is 37.6 Å². The third-order valence-electron chi connectivity index (χ3n) is 7.09. The van der Waals surface area contributed by atoms with E-state index in [-0.39, 0.29) is 47.5 Å². The van der Waals surface area contributed by atoms with E-state index in [0.29, 0.717) is 5.82 Å². The molecule has 1 aliphatic rings. The fraction of sp³-hybridized carbons (Fsp3) is 0.654. The topological polar surface area (TPSA) is 75.5 Å². The van der Waals surface area contributed by atoms with Gasteiger partial charge in [-0.1, -0.05) is 32.4 Å². The SMILES string of the molecule is CC(C)(C)OC(=O)c1ccc(-n2ccc(OCCC(O[Si](C)(C)C(C)(C)C)C3(C(F)(F)F)CC3)n2)nc1Cl. The van der Waals surface area contributed by atoms with Gasteiger partial charge < -0.3 is 13.9 Å². The lowest BCUT2D eigenvalue weighted by Gasteiger charge is -2.42. The first-order valence-corrected chi connectivity index (χ1v) is 15.9. The van der Waals surface area contributed by atoms with Crippen LogP contribution in [0.25, 0.3) is 5.82 Å². The monoisotopic (exact) mass is 575 g/mol. The van der Waals surface area contributed by atoms with Crippen molar-refractivity contribution < 1.29 is 31.9 Å². The minimum absolute atomic E-state index is 0.0138.